The lowest BCUT2D eigenvalue weighted by Gasteiger charge is -2.17. The number of methoxy groups -OCH3 is 1. The zero-order valence-electron chi connectivity index (χ0n) is 14.6. The lowest BCUT2D eigenvalue weighted by molar-refractivity contribution is -0.117. The van der Waals surface area contributed by atoms with Gasteiger partial charge in [-0.15, -0.1) is 0 Å². The quantitative estimate of drug-likeness (QED) is 0.789. The molecule has 1 atom stereocenters. The van der Waals surface area contributed by atoms with Gasteiger partial charge < -0.3 is 20.3 Å². The van der Waals surface area contributed by atoms with Gasteiger partial charge in [0.2, 0.25) is 5.91 Å². The van der Waals surface area contributed by atoms with E-state index < -0.39 is 12.0 Å². The van der Waals surface area contributed by atoms with Crippen LogP contribution >= 0.6 is 11.6 Å². The summed E-state index contributed by atoms with van der Waals surface area (Å²) in [5.74, 6) is -0.511. The van der Waals surface area contributed by atoms with Crippen LogP contribution in [0.3, 0.4) is 0 Å². The van der Waals surface area contributed by atoms with Crippen molar-refractivity contribution in [2.45, 2.75) is 12.5 Å². The second kappa shape index (κ2) is 8.09. The molecule has 1 heterocycles. The van der Waals surface area contributed by atoms with Gasteiger partial charge in [-0.05, 0) is 48.5 Å². The van der Waals surface area contributed by atoms with E-state index in [0.717, 1.165) is 5.69 Å². The Morgan fingerprint density at radius 2 is 1.78 bits per heavy atom. The summed E-state index contributed by atoms with van der Waals surface area (Å²) in [6.45, 7) is 0.384. The van der Waals surface area contributed by atoms with Gasteiger partial charge in [0.1, 0.15) is 0 Å². The summed E-state index contributed by atoms with van der Waals surface area (Å²) < 4.78 is 4.63. The van der Waals surface area contributed by atoms with Crippen LogP contribution in [0.15, 0.2) is 48.5 Å². The molecule has 0 bridgehead atoms. The zero-order chi connectivity index (χ0) is 19.4. The molecule has 1 saturated heterocycles. The van der Waals surface area contributed by atoms with Crippen LogP contribution in [0.4, 0.5) is 16.2 Å². The van der Waals surface area contributed by atoms with Crippen molar-refractivity contribution in [3.8, 4) is 0 Å². The van der Waals surface area contributed by atoms with Crippen LogP contribution in [0, 0.1) is 0 Å². The SMILES string of the molecule is COC(=O)c1ccc(NC(=O)N[C@@H]2CC(=O)N(c3ccc(Cl)cc3)C2)cc1. The van der Waals surface area contributed by atoms with E-state index in [9.17, 15) is 14.4 Å². The fraction of sp³-hybridized carbons (Fsp3) is 0.211. The molecule has 140 valence electrons. The van der Waals surface area contributed by atoms with E-state index in [-0.39, 0.29) is 18.4 Å². The minimum absolute atomic E-state index is 0.0648. The van der Waals surface area contributed by atoms with Crippen LogP contribution in [-0.4, -0.2) is 37.6 Å². The number of nitrogens with zero attached hydrogens (tertiary/aromatic N) is 1. The first-order valence-corrected chi connectivity index (χ1v) is 8.66. The lowest BCUT2D eigenvalue weighted by Crippen LogP contribution is -2.39. The highest BCUT2D eigenvalue weighted by molar-refractivity contribution is 6.30. The molecule has 1 fully saturated rings. The number of carbonyl (C=O) groups excluding carboxylic acids is 3. The Bertz CT molecular complexity index is 852. The molecule has 27 heavy (non-hydrogen) atoms. The number of nitrogens with one attached hydrogen (secondary N) is 2. The number of urea groups is 1. The average molecular weight is 388 g/mol. The molecule has 8 heteroatoms. The van der Waals surface area contributed by atoms with Crippen molar-refractivity contribution in [1.82, 2.24) is 5.32 Å². The van der Waals surface area contributed by atoms with E-state index in [0.29, 0.717) is 22.8 Å². The first-order valence-electron chi connectivity index (χ1n) is 8.28. The number of esters is 1. The Balaban J connectivity index is 1.56. The maximum absolute atomic E-state index is 12.2. The van der Waals surface area contributed by atoms with E-state index in [4.69, 9.17) is 11.6 Å². The molecule has 2 N–H and O–H groups in total. The minimum atomic E-state index is -0.447. The van der Waals surface area contributed by atoms with Gasteiger partial charge >= 0.3 is 12.0 Å². The average Bonchev–Trinajstić information content (AvgIpc) is 3.02. The number of hydrogen-bond acceptors (Lipinski definition) is 4. The Morgan fingerprint density at radius 1 is 1.11 bits per heavy atom. The van der Waals surface area contributed by atoms with Crippen molar-refractivity contribution in [3.05, 3.63) is 59.1 Å². The van der Waals surface area contributed by atoms with Crippen LogP contribution in [0.5, 0.6) is 0 Å². The molecule has 1 aliphatic heterocycles. The van der Waals surface area contributed by atoms with Gasteiger partial charge in [-0.25, -0.2) is 9.59 Å². The van der Waals surface area contributed by atoms with E-state index >= 15 is 0 Å². The fourth-order valence-corrected chi connectivity index (χ4v) is 2.96. The van der Waals surface area contributed by atoms with Crippen LogP contribution < -0.4 is 15.5 Å². The van der Waals surface area contributed by atoms with Gasteiger partial charge in [-0.3, -0.25) is 4.79 Å². The Kier molecular flexibility index (Phi) is 5.61. The third-order valence-corrected chi connectivity index (χ3v) is 4.41. The van der Waals surface area contributed by atoms with E-state index in [1.54, 1.807) is 53.4 Å². The number of hydrogen-bond donors (Lipinski definition) is 2. The maximum Gasteiger partial charge on any atom is 0.337 e. The smallest absolute Gasteiger partial charge is 0.337 e. The van der Waals surface area contributed by atoms with Gasteiger partial charge in [0.05, 0.1) is 18.7 Å². The number of amides is 3. The second-order valence-electron chi connectivity index (χ2n) is 6.05. The Hall–Kier alpha value is -3.06. The second-order valence-corrected chi connectivity index (χ2v) is 6.49. The van der Waals surface area contributed by atoms with Crippen molar-refractivity contribution >= 4 is 40.9 Å². The minimum Gasteiger partial charge on any atom is -0.465 e. The summed E-state index contributed by atoms with van der Waals surface area (Å²) in [6, 6.07) is 12.6. The molecule has 0 aromatic heterocycles. The van der Waals surface area contributed by atoms with Crippen molar-refractivity contribution < 1.29 is 19.1 Å². The van der Waals surface area contributed by atoms with Gasteiger partial charge in [0.15, 0.2) is 0 Å². The van der Waals surface area contributed by atoms with Gasteiger partial charge in [0, 0.05) is 29.4 Å². The predicted octanol–water partition coefficient (Wildman–Crippen LogP) is 3.05. The third-order valence-electron chi connectivity index (χ3n) is 4.16. The molecule has 2 aromatic rings. The first-order chi connectivity index (χ1) is 13.0. The number of ether oxygens (including phenoxy) is 1. The molecular formula is C19H18ClN3O4. The summed E-state index contributed by atoms with van der Waals surface area (Å²) in [5, 5.41) is 6.06. The summed E-state index contributed by atoms with van der Waals surface area (Å²) in [6.07, 6.45) is 0.220. The summed E-state index contributed by atoms with van der Waals surface area (Å²) in [4.78, 5) is 37.4. The number of benzene rings is 2. The van der Waals surface area contributed by atoms with Gasteiger partial charge in [0.25, 0.3) is 0 Å². The first kappa shape index (κ1) is 18.7. The van der Waals surface area contributed by atoms with E-state index in [2.05, 4.69) is 15.4 Å². The van der Waals surface area contributed by atoms with Crippen LogP contribution in [0.2, 0.25) is 5.02 Å². The lowest BCUT2D eigenvalue weighted by atomic mass is 10.2. The van der Waals surface area contributed by atoms with Crippen molar-refractivity contribution in [1.29, 1.82) is 0 Å². The molecule has 0 spiro atoms. The molecule has 1 aliphatic rings. The third kappa shape index (κ3) is 4.57. The largest absolute Gasteiger partial charge is 0.465 e. The normalized spacial score (nSPS) is 16.1. The van der Waals surface area contributed by atoms with Gasteiger partial charge in [-0.1, -0.05) is 11.6 Å². The summed E-state index contributed by atoms with van der Waals surface area (Å²) in [5.41, 5.74) is 1.66. The highest BCUT2D eigenvalue weighted by Crippen LogP contribution is 2.23. The Morgan fingerprint density at radius 3 is 2.41 bits per heavy atom. The molecule has 0 radical (unpaired) electrons. The van der Waals surface area contributed by atoms with Crippen molar-refractivity contribution in [2.24, 2.45) is 0 Å². The Labute approximate surface area is 161 Å². The van der Waals surface area contributed by atoms with Gasteiger partial charge in [-0.2, -0.15) is 0 Å². The zero-order valence-corrected chi connectivity index (χ0v) is 15.3. The molecule has 3 amide bonds. The van der Waals surface area contributed by atoms with Crippen molar-refractivity contribution in [3.63, 3.8) is 0 Å². The molecule has 2 aromatic carbocycles. The standard InChI is InChI=1S/C19H18ClN3O4/c1-27-18(25)12-2-6-14(7-3-12)21-19(26)22-15-10-17(24)23(11-15)16-8-4-13(20)5-9-16/h2-9,15H,10-11H2,1H3,(H2,21,22,26)/t15-/m1/s1. The van der Waals surface area contributed by atoms with Crippen molar-refractivity contribution in [2.75, 3.05) is 23.9 Å². The molecule has 0 unspecified atom stereocenters. The topological polar surface area (TPSA) is 87.7 Å². The monoisotopic (exact) mass is 387 g/mol. The molecule has 7 nitrogen and oxygen atoms in total. The van der Waals surface area contributed by atoms with Crippen LogP contribution in [0.25, 0.3) is 0 Å². The van der Waals surface area contributed by atoms with E-state index in [1.165, 1.54) is 7.11 Å². The molecule has 0 saturated carbocycles. The van der Waals surface area contributed by atoms with E-state index in [1.807, 2.05) is 0 Å². The molecule has 3 rings (SSSR count). The number of halogens is 1. The highest BCUT2D eigenvalue weighted by Gasteiger charge is 2.31. The molecule has 0 aliphatic carbocycles. The van der Waals surface area contributed by atoms with Crippen LogP contribution in [0.1, 0.15) is 16.8 Å². The molecular weight excluding hydrogens is 370 g/mol. The number of carbonyl (C=O) groups is 3. The number of anilines is 2. The predicted molar refractivity (Wildman–Crippen MR) is 102 cm³/mol. The highest BCUT2D eigenvalue weighted by atomic mass is 35.5. The summed E-state index contributed by atoms with van der Waals surface area (Å²) >= 11 is 5.87. The maximum atomic E-state index is 12.2. The fourth-order valence-electron chi connectivity index (χ4n) is 2.83. The summed E-state index contributed by atoms with van der Waals surface area (Å²) in [7, 11) is 1.30. The number of rotatable bonds is 4. The van der Waals surface area contributed by atoms with Crippen LogP contribution in [-0.2, 0) is 9.53 Å².